The quantitative estimate of drug-likeness (QED) is 0.501. The van der Waals surface area contributed by atoms with Crippen molar-refractivity contribution in [3.05, 3.63) is 41.7 Å². The van der Waals surface area contributed by atoms with Gasteiger partial charge in [0.15, 0.2) is 11.6 Å². The average molecular weight is 380 g/mol. The van der Waals surface area contributed by atoms with Crippen LogP contribution in [-0.4, -0.2) is 6.36 Å². The van der Waals surface area contributed by atoms with E-state index in [1.54, 1.807) is 24.3 Å². The lowest BCUT2D eigenvalue weighted by Gasteiger charge is -2.41. The van der Waals surface area contributed by atoms with E-state index >= 15 is 4.39 Å². The summed E-state index contributed by atoms with van der Waals surface area (Å²) in [6.45, 7) is 2.28. The molecule has 4 unspecified atom stereocenters. The van der Waals surface area contributed by atoms with Crippen LogP contribution in [0.25, 0.3) is 10.8 Å². The molecular weight excluding hydrogens is 356 g/mol. The lowest BCUT2D eigenvalue weighted by Crippen LogP contribution is -2.30. The van der Waals surface area contributed by atoms with Crippen LogP contribution in [0.4, 0.5) is 17.6 Å². The standard InChI is InChI=1S/C22H24F4O/c1-13-6-7-15-11-17(9-8-14(15)10-13)19-12-16-4-2-3-5-18(16)21(20(19)23)27-22(24,25)26/h2-5,12-15,17H,6-11H2,1H3. The third-order valence-electron chi connectivity index (χ3n) is 6.50. The topological polar surface area (TPSA) is 9.23 Å². The van der Waals surface area contributed by atoms with Crippen molar-refractivity contribution in [2.24, 2.45) is 17.8 Å². The second-order valence-corrected chi connectivity index (χ2v) is 8.33. The SMILES string of the molecule is CC1CCC2CC(c3cc4ccccc4c(OC(F)(F)F)c3F)CCC2C1. The fourth-order valence-electron chi connectivity index (χ4n) is 5.23. The van der Waals surface area contributed by atoms with Crippen molar-refractivity contribution in [2.75, 3.05) is 0 Å². The third kappa shape index (κ3) is 3.78. The van der Waals surface area contributed by atoms with Gasteiger partial charge in [-0.3, -0.25) is 0 Å². The number of hydrogen-bond donors (Lipinski definition) is 0. The highest BCUT2D eigenvalue weighted by Gasteiger charge is 2.38. The summed E-state index contributed by atoms with van der Waals surface area (Å²) in [6.07, 6.45) is 1.35. The van der Waals surface area contributed by atoms with E-state index in [4.69, 9.17) is 0 Å². The Kier molecular flexibility index (Phi) is 4.81. The van der Waals surface area contributed by atoms with Crippen LogP contribution in [0.3, 0.4) is 0 Å². The minimum absolute atomic E-state index is 0.0418. The summed E-state index contributed by atoms with van der Waals surface area (Å²) in [4.78, 5) is 0. The van der Waals surface area contributed by atoms with Crippen LogP contribution < -0.4 is 4.74 Å². The maximum Gasteiger partial charge on any atom is 0.573 e. The monoisotopic (exact) mass is 380 g/mol. The molecule has 2 aromatic rings. The summed E-state index contributed by atoms with van der Waals surface area (Å²) in [7, 11) is 0. The Bertz CT molecular complexity index is 829. The first-order chi connectivity index (χ1) is 12.8. The molecule has 0 aliphatic heterocycles. The molecule has 0 amide bonds. The summed E-state index contributed by atoms with van der Waals surface area (Å²) in [6, 6.07) is 8.27. The van der Waals surface area contributed by atoms with Gasteiger partial charge in [-0.05, 0) is 72.8 Å². The fourth-order valence-corrected chi connectivity index (χ4v) is 5.23. The van der Waals surface area contributed by atoms with Gasteiger partial charge in [-0.2, -0.15) is 0 Å². The molecule has 4 rings (SSSR count). The largest absolute Gasteiger partial charge is 0.573 e. The second kappa shape index (κ2) is 6.99. The molecule has 0 bridgehead atoms. The van der Waals surface area contributed by atoms with Gasteiger partial charge >= 0.3 is 6.36 Å². The Balaban J connectivity index is 1.71. The van der Waals surface area contributed by atoms with Crippen molar-refractivity contribution in [1.82, 2.24) is 0 Å². The lowest BCUT2D eigenvalue weighted by atomic mass is 9.64. The molecule has 4 atom stereocenters. The Labute approximate surface area is 156 Å². The molecular formula is C22H24F4O. The summed E-state index contributed by atoms with van der Waals surface area (Å²) in [5.74, 6) is 0.401. The second-order valence-electron chi connectivity index (χ2n) is 8.33. The van der Waals surface area contributed by atoms with E-state index in [-0.39, 0.29) is 11.3 Å². The van der Waals surface area contributed by atoms with Crippen LogP contribution in [0.1, 0.15) is 56.9 Å². The van der Waals surface area contributed by atoms with Gasteiger partial charge in [0.25, 0.3) is 0 Å². The van der Waals surface area contributed by atoms with Crippen LogP contribution >= 0.6 is 0 Å². The molecule has 0 heterocycles. The zero-order valence-electron chi connectivity index (χ0n) is 15.4. The summed E-state index contributed by atoms with van der Waals surface area (Å²) in [5, 5.41) is 0.754. The van der Waals surface area contributed by atoms with Gasteiger partial charge in [-0.15, -0.1) is 13.2 Å². The minimum Gasteiger partial charge on any atom is -0.402 e. The molecule has 2 aliphatic carbocycles. The smallest absolute Gasteiger partial charge is 0.402 e. The zero-order valence-corrected chi connectivity index (χ0v) is 15.4. The first-order valence-electron chi connectivity index (χ1n) is 9.78. The van der Waals surface area contributed by atoms with E-state index in [0.717, 1.165) is 31.6 Å². The molecule has 2 aromatic carbocycles. The first kappa shape index (κ1) is 18.6. The minimum atomic E-state index is -4.92. The summed E-state index contributed by atoms with van der Waals surface area (Å²) >= 11 is 0. The van der Waals surface area contributed by atoms with Gasteiger partial charge in [-0.1, -0.05) is 37.6 Å². The van der Waals surface area contributed by atoms with Crippen LogP contribution in [0.2, 0.25) is 0 Å². The number of fused-ring (bicyclic) bond motifs is 2. The molecule has 2 aliphatic rings. The van der Waals surface area contributed by atoms with E-state index in [9.17, 15) is 13.2 Å². The van der Waals surface area contributed by atoms with Crippen molar-refractivity contribution in [3.8, 4) is 5.75 Å². The van der Waals surface area contributed by atoms with Crippen LogP contribution in [0.5, 0.6) is 5.75 Å². The Morgan fingerprint density at radius 1 is 0.963 bits per heavy atom. The zero-order chi connectivity index (χ0) is 19.2. The van der Waals surface area contributed by atoms with Crippen molar-refractivity contribution in [1.29, 1.82) is 0 Å². The maximum atomic E-state index is 15.2. The number of benzene rings is 2. The summed E-state index contributed by atoms with van der Waals surface area (Å²) < 4.78 is 58.0. The molecule has 0 radical (unpaired) electrons. The number of rotatable bonds is 2. The Morgan fingerprint density at radius 3 is 2.44 bits per heavy atom. The van der Waals surface area contributed by atoms with E-state index in [0.29, 0.717) is 22.8 Å². The fraction of sp³-hybridized carbons (Fsp3) is 0.545. The van der Waals surface area contributed by atoms with Gasteiger partial charge in [0.2, 0.25) is 0 Å². The van der Waals surface area contributed by atoms with Crippen LogP contribution in [-0.2, 0) is 0 Å². The van der Waals surface area contributed by atoms with Crippen molar-refractivity contribution in [3.63, 3.8) is 0 Å². The van der Waals surface area contributed by atoms with Crippen molar-refractivity contribution in [2.45, 2.75) is 57.7 Å². The molecule has 1 nitrogen and oxygen atoms in total. The molecule has 27 heavy (non-hydrogen) atoms. The van der Waals surface area contributed by atoms with Gasteiger partial charge in [0, 0.05) is 5.39 Å². The van der Waals surface area contributed by atoms with E-state index < -0.39 is 17.9 Å². The van der Waals surface area contributed by atoms with Gasteiger partial charge < -0.3 is 4.74 Å². The Hall–Kier alpha value is -1.78. The molecule has 146 valence electrons. The highest BCUT2D eigenvalue weighted by Crippen LogP contribution is 2.49. The number of halogens is 4. The number of hydrogen-bond acceptors (Lipinski definition) is 1. The average Bonchev–Trinajstić information content (AvgIpc) is 2.62. The summed E-state index contributed by atoms with van der Waals surface area (Å²) in [5.41, 5.74) is 0.380. The molecule has 0 spiro atoms. The third-order valence-corrected chi connectivity index (χ3v) is 6.50. The molecule has 2 fully saturated rings. The van der Waals surface area contributed by atoms with Gasteiger partial charge in [0.1, 0.15) is 0 Å². The maximum absolute atomic E-state index is 15.2. The van der Waals surface area contributed by atoms with Gasteiger partial charge in [-0.25, -0.2) is 4.39 Å². The Morgan fingerprint density at radius 2 is 1.67 bits per heavy atom. The van der Waals surface area contributed by atoms with Crippen molar-refractivity contribution < 1.29 is 22.3 Å². The lowest BCUT2D eigenvalue weighted by molar-refractivity contribution is -0.275. The predicted octanol–water partition coefficient (Wildman–Crippen LogP) is 7.20. The van der Waals surface area contributed by atoms with E-state index in [1.165, 1.54) is 18.9 Å². The van der Waals surface area contributed by atoms with Crippen LogP contribution in [0, 0.1) is 23.6 Å². The van der Waals surface area contributed by atoms with E-state index in [1.807, 2.05) is 0 Å². The molecule has 5 heteroatoms. The van der Waals surface area contributed by atoms with E-state index in [2.05, 4.69) is 11.7 Å². The number of alkyl halides is 3. The van der Waals surface area contributed by atoms with Crippen molar-refractivity contribution >= 4 is 10.8 Å². The highest BCUT2D eigenvalue weighted by atomic mass is 19.4. The molecule has 0 saturated heterocycles. The highest BCUT2D eigenvalue weighted by molar-refractivity contribution is 5.89. The predicted molar refractivity (Wildman–Crippen MR) is 97.2 cm³/mol. The number of ether oxygens (including phenoxy) is 1. The molecule has 0 aromatic heterocycles. The molecule has 0 N–H and O–H groups in total. The van der Waals surface area contributed by atoms with Gasteiger partial charge in [0.05, 0.1) is 0 Å². The molecule has 2 saturated carbocycles. The first-order valence-corrected chi connectivity index (χ1v) is 9.78. The normalized spacial score (nSPS) is 28.8. The van der Waals surface area contributed by atoms with Crippen LogP contribution in [0.15, 0.2) is 30.3 Å².